The van der Waals surface area contributed by atoms with E-state index in [9.17, 15) is 22.8 Å². The summed E-state index contributed by atoms with van der Waals surface area (Å²) in [7, 11) is 0. The monoisotopic (exact) mass is 256 g/mol. The molecule has 0 aromatic carbocycles. The molecule has 0 aromatic heterocycles. The quantitative estimate of drug-likeness (QED) is 0.652. The predicted molar refractivity (Wildman–Crippen MR) is 52.3 cm³/mol. The number of halogens is 3. The fourth-order valence-corrected chi connectivity index (χ4v) is 0.859. The molecule has 4 nitrogen and oxygen atoms in total. The minimum Gasteiger partial charge on any atom is -0.466 e. The Bertz CT molecular complexity index is 263. The summed E-state index contributed by atoms with van der Waals surface area (Å²) in [5, 5.41) is 0. The van der Waals surface area contributed by atoms with E-state index in [0.717, 1.165) is 6.92 Å². The summed E-state index contributed by atoms with van der Waals surface area (Å²) in [6.07, 6.45) is -6.80. The largest absolute Gasteiger partial charge is 0.466 e. The van der Waals surface area contributed by atoms with Gasteiger partial charge >= 0.3 is 12.1 Å². The molecule has 0 radical (unpaired) electrons. The van der Waals surface area contributed by atoms with Crippen molar-refractivity contribution in [2.45, 2.75) is 39.0 Å². The zero-order chi connectivity index (χ0) is 13.5. The fraction of sp³-hybridized carbons (Fsp3) is 0.800. The zero-order valence-electron chi connectivity index (χ0n) is 9.67. The minimum atomic E-state index is -4.48. The van der Waals surface area contributed by atoms with Crippen LogP contribution in [0.2, 0.25) is 0 Å². The normalized spacial score (nSPS) is 13.2. The highest BCUT2D eigenvalue weighted by molar-refractivity contribution is 5.83. The maximum Gasteiger partial charge on any atom is 0.414 e. The number of hydrogen-bond acceptors (Lipinski definition) is 4. The van der Waals surface area contributed by atoms with Gasteiger partial charge in [-0.15, -0.1) is 0 Å². The average molecular weight is 256 g/mol. The smallest absolute Gasteiger partial charge is 0.414 e. The highest BCUT2D eigenvalue weighted by atomic mass is 19.4. The molecule has 0 bridgehead atoms. The summed E-state index contributed by atoms with van der Waals surface area (Å²) in [5.41, 5.74) is 0. The van der Waals surface area contributed by atoms with Crippen molar-refractivity contribution in [3.63, 3.8) is 0 Å². The standard InChI is InChI=1S/C10H15F3O4/c1-3-16-9(15)5-4-8(14)6-17-7(2)10(11,12)13/h7H,3-6H2,1-2H3. The van der Waals surface area contributed by atoms with Gasteiger partial charge < -0.3 is 9.47 Å². The van der Waals surface area contributed by atoms with Gasteiger partial charge in [0.25, 0.3) is 0 Å². The number of alkyl halides is 3. The molecule has 0 saturated heterocycles. The van der Waals surface area contributed by atoms with Gasteiger partial charge in [0.1, 0.15) is 6.61 Å². The number of rotatable bonds is 7. The molecule has 0 saturated carbocycles. The van der Waals surface area contributed by atoms with E-state index < -0.39 is 30.6 Å². The molecule has 0 heterocycles. The first-order chi connectivity index (χ1) is 7.77. The number of hydrogen-bond donors (Lipinski definition) is 0. The Morgan fingerprint density at radius 2 is 1.82 bits per heavy atom. The summed E-state index contributed by atoms with van der Waals surface area (Å²) in [6, 6.07) is 0. The molecule has 0 aliphatic rings. The van der Waals surface area contributed by atoms with Crippen LogP contribution in [0, 0.1) is 0 Å². The number of Topliss-reactive ketones (excluding diaryl/α,β-unsaturated/α-hetero) is 1. The Balaban J connectivity index is 3.77. The van der Waals surface area contributed by atoms with Crippen LogP contribution in [0.15, 0.2) is 0 Å². The maximum absolute atomic E-state index is 12.0. The van der Waals surface area contributed by atoms with E-state index in [0.29, 0.717) is 0 Å². The number of esters is 1. The average Bonchev–Trinajstić information content (AvgIpc) is 2.22. The lowest BCUT2D eigenvalue weighted by Gasteiger charge is -2.15. The lowest BCUT2D eigenvalue weighted by Crippen LogP contribution is -2.30. The van der Waals surface area contributed by atoms with Crippen molar-refractivity contribution < 1.29 is 32.2 Å². The van der Waals surface area contributed by atoms with E-state index in [1.165, 1.54) is 0 Å². The van der Waals surface area contributed by atoms with Crippen LogP contribution in [0.1, 0.15) is 26.7 Å². The topological polar surface area (TPSA) is 52.6 Å². The molecule has 7 heteroatoms. The molecule has 0 aliphatic heterocycles. The Morgan fingerprint density at radius 1 is 1.24 bits per heavy atom. The lowest BCUT2D eigenvalue weighted by atomic mass is 10.2. The van der Waals surface area contributed by atoms with Gasteiger partial charge in [-0.05, 0) is 13.8 Å². The van der Waals surface area contributed by atoms with Crippen LogP contribution in [0.25, 0.3) is 0 Å². The fourth-order valence-electron chi connectivity index (χ4n) is 0.859. The van der Waals surface area contributed by atoms with E-state index in [4.69, 9.17) is 0 Å². The molecule has 0 N–H and O–H groups in total. The van der Waals surface area contributed by atoms with Crippen LogP contribution >= 0.6 is 0 Å². The maximum atomic E-state index is 12.0. The van der Waals surface area contributed by atoms with Gasteiger partial charge in [0.2, 0.25) is 0 Å². The van der Waals surface area contributed by atoms with Gasteiger partial charge in [-0.1, -0.05) is 0 Å². The van der Waals surface area contributed by atoms with Gasteiger partial charge in [0.15, 0.2) is 11.9 Å². The van der Waals surface area contributed by atoms with Crippen molar-refractivity contribution in [1.82, 2.24) is 0 Å². The van der Waals surface area contributed by atoms with Crippen LogP contribution in [0.4, 0.5) is 13.2 Å². The molecular weight excluding hydrogens is 241 g/mol. The van der Waals surface area contributed by atoms with Crippen LogP contribution < -0.4 is 0 Å². The van der Waals surface area contributed by atoms with E-state index in [-0.39, 0.29) is 19.4 Å². The first-order valence-corrected chi connectivity index (χ1v) is 5.13. The minimum absolute atomic E-state index is 0.142. The van der Waals surface area contributed by atoms with Gasteiger partial charge in [0.05, 0.1) is 13.0 Å². The molecule has 0 spiro atoms. The molecule has 1 unspecified atom stereocenters. The Hall–Kier alpha value is -1.11. The second-order valence-corrected chi connectivity index (χ2v) is 3.34. The van der Waals surface area contributed by atoms with Gasteiger partial charge in [-0.25, -0.2) is 0 Å². The van der Waals surface area contributed by atoms with Crippen LogP contribution in [-0.4, -0.2) is 37.2 Å². The van der Waals surface area contributed by atoms with Crippen molar-refractivity contribution in [1.29, 1.82) is 0 Å². The third-order valence-corrected chi connectivity index (χ3v) is 1.87. The second kappa shape index (κ2) is 7.26. The Kier molecular flexibility index (Phi) is 6.79. The van der Waals surface area contributed by atoms with Crippen molar-refractivity contribution in [2.24, 2.45) is 0 Å². The van der Waals surface area contributed by atoms with E-state index in [1.54, 1.807) is 6.92 Å². The van der Waals surface area contributed by atoms with Crippen LogP contribution in [-0.2, 0) is 19.1 Å². The first kappa shape index (κ1) is 15.9. The zero-order valence-corrected chi connectivity index (χ0v) is 9.67. The summed E-state index contributed by atoms with van der Waals surface area (Å²) in [6.45, 7) is 1.99. The van der Waals surface area contributed by atoms with Crippen molar-refractivity contribution >= 4 is 11.8 Å². The Morgan fingerprint density at radius 3 is 2.29 bits per heavy atom. The third kappa shape index (κ3) is 7.73. The summed E-state index contributed by atoms with van der Waals surface area (Å²) in [5.74, 6) is -1.11. The SMILES string of the molecule is CCOC(=O)CCC(=O)COC(C)C(F)(F)F. The highest BCUT2D eigenvalue weighted by Gasteiger charge is 2.37. The van der Waals surface area contributed by atoms with Gasteiger partial charge in [0, 0.05) is 6.42 Å². The van der Waals surface area contributed by atoms with E-state index in [2.05, 4.69) is 9.47 Å². The molecule has 0 amide bonds. The first-order valence-electron chi connectivity index (χ1n) is 5.13. The summed E-state index contributed by atoms with van der Waals surface area (Å²) >= 11 is 0. The molecule has 0 aromatic rings. The van der Waals surface area contributed by atoms with Crippen LogP contribution in [0.3, 0.4) is 0 Å². The molecule has 100 valence electrons. The van der Waals surface area contributed by atoms with Gasteiger partial charge in [-0.3, -0.25) is 9.59 Å². The van der Waals surface area contributed by atoms with Crippen molar-refractivity contribution in [3.05, 3.63) is 0 Å². The molecule has 1 atom stereocenters. The summed E-state index contributed by atoms with van der Waals surface area (Å²) in [4.78, 5) is 21.9. The Labute approximate surface area is 97.1 Å². The van der Waals surface area contributed by atoms with E-state index in [1.807, 2.05) is 0 Å². The lowest BCUT2D eigenvalue weighted by molar-refractivity contribution is -0.213. The van der Waals surface area contributed by atoms with Crippen LogP contribution in [0.5, 0.6) is 0 Å². The molecular formula is C10H15F3O4. The number of ether oxygens (including phenoxy) is 2. The predicted octanol–water partition coefficient (Wildman–Crippen LogP) is 1.87. The number of carbonyl (C=O) groups excluding carboxylic acids is 2. The van der Waals surface area contributed by atoms with E-state index >= 15 is 0 Å². The molecule has 0 aliphatic carbocycles. The van der Waals surface area contributed by atoms with Crippen molar-refractivity contribution in [3.8, 4) is 0 Å². The molecule has 0 fully saturated rings. The summed E-state index contributed by atoms with van der Waals surface area (Å²) < 4.78 is 44.9. The molecule has 0 rings (SSSR count). The molecule has 17 heavy (non-hydrogen) atoms. The third-order valence-electron chi connectivity index (χ3n) is 1.87. The second-order valence-electron chi connectivity index (χ2n) is 3.34. The number of ketones is 1. The number of carbonyl (C=O) groups is 2. The van der Waals surface area contributed by atoms with Crippen molar-refractivity contribution in [2.75, 3.05) is 13.2 Å². The van der Waals surface area contributed by atoms with Gasteiger partial charge in [-0.2, -0.15) is 13.2 Å². The highest BCUT2D eigenvalue weighted by Crippen LogP contribution is 2.22.